The number of aliphatic hydroxyl groups excluding tert-OH is 1. The molecule has 2 aromatic heterocycles. The summed E-state index contributed by atoms with van der Waals surface area (Å²) in [5.41, 5.74) is 0. The second-order valence-corrected chi connectivity index (χ2v) is 9.15. The van der Waals surface area contributed by atoms with E-state index >= 15 is 0 Å². The third-order valence-corrected chi connectivity index (χ3v) is 6.49. The lowest BCUT2D eigenvalue weighted by atomic mass is 10.1. The maximum Gasteiger partial charge on any atom is 0.227 e. The van der Waals surface area contributed by atoms with Crippen molar-refractivity contribution in [2.75, 3.05) is 60.6 Å². The lowest BCUT2D eigenvalue weighted by Gasteiger charge is -2.45. The first-order valence-corrected chi connectivity index (χ1v) is 11.7. The van der Waals surface area contributed by atoms with Crippen molar-refractivity contribution in [2.24, 2.45) is 0 Å². The van der Waals surface area contributed by atoms with Gasteiger partial charge in [0.2, 0.25) is 5.95 Å². The molecule has 0 unspecified atom stereocenters. The molecule has 2 fully saturated rings. The third-order valence-electron chi connectivity index (χ3n) is 6.49. The van der Waals surface area contributed by atoms with Crippen molar-refractivity contribution in [1.82, 2.24) is 24.8 Å². The quantitative estimate of drug-likeness (QED) is 0.717. The number of aromatic nitrogens is 4. The van der Waals surface area contributed by atoms with Gasteiger partial charge >= 0.3 is 0 Å². The monoisotopic (exact) mass is 440 g/mol. The molecule has 0 spiro atoms. The largest absolute Gasteiger partial charge is 0.396 e. The van der Waals surface area contributed by atoms with E-state index < -0.39 is 0 Å². The Kier molecular flexibility index (Phi) is 7.05. The van der Waals surface area contributed by atoms with Gasteiger partial charge in [-0.3, -0.25) is 4.90 Å². The molecule has 0 aliphatic carbocycles. The van der Waals surface area contributed by atoms with E-state index in [-0.39, 0.29) is 18.7 Å². The SMILES string of the molecule is CC(C)N1CCN(c2nccc(N3[C@H](C)CN(c4ccnc(CCO)n4)C[C@@H]3C)n2)CC1. The molecule has 0 saturated carbocycles. The van der Waals surface area contributed by atoms with E-state index in [1.165, 1.54) is 0 Å². The van der Waals surface area contributed by atoms with Crippen molar-refractivity contribution in [1.29, 1.82) is 0 Å². The van der Waals surface area contributed by atoms with Crippen LogP contribution in [0.1, 0.15) is 33.5 Å². The average Bonchev–Trinajstić information content (AvgIpc) is 2.79. The molecule has 2 aliphatic rings. The lowest BCUT2D eigenvalue weighted by molar-refractivity contribution is 0.208. The summed E-state index contributed by atoms with van der Waals surface area (Å²) >= 11 is 0. The predicted molar refractivity (Wildman–Crippen MR) is 127 cm³/mol. The van der Waals surface area contributed by atoms with Gasteiger partial charge in [0.25, 0.3) is 0 Å². The molecule has 9 nitrogen and oxygen atoms in total. The summed E-state index contributed by atoms with van der Waals surface area (Å²) in [7, 11) is 0. The van der Waals surface area contributed by atoms with Crippen LogP contribution in [-0.4, -0.2) is 93.9 Å². The van der Waals surface area contributed by atoms with E-state index in [9.17, 15) is 5.11 Å². The maximum absolute atomic E-state index is 9.20. The van der Waals surface area contributed by atoms with E-state index in [1.54, 1.807) is 6.20 Å². The molecule has 32 heavy (non-hydrogen) atoms. The molecule has 2 saturated heterocycles. The van der Waals surface area contributed by atoms with Gasteiger partial charge in [-0.1, -0.05) is 0 Å². The zero-order valence-corrected chi connectivity index (χ0v) is 19.7. The maximum atomic E-state index is 9.20. The first-order valence-electron chi connectivity index (χ1n) is 11.7. The van der Waals surface area contributed by atoms with Gasteiger partial charge in [-0.05, 0) is 39.8 Å². The topological polar surface area (TPSA) is 84.8 Å². The fraction of sp³-hybridized carbons (Fsp3) is 0.652. The highest BCUT2D eigenvalue weighted by Gasteiger charge is 2.32. The van der Waals surface area contributed by atoms with Gasteiger partial charge < -0.3 is 19.8 Å². The minimum atomic E-state index is 0.0621. The highest BCUT2D eigenvalue weighted by molar-refractivity contribution is 5.49. The summed E-state index contributed by atoms with van der Waals surface area (Å²) in [4.78, 5) is 28.0. The van der Waals surface area contributed by atoms with Crippen LogP contribution in [0.2, 0.25) is 0 Å². The Hall–Kier alpha value is -2.52. The van der Waals surface area contributed by atoms with E-state index in [0.717, 1.165) is 56.9 Å². The molecule has 0 amide bonds. The van der Waals surface area contributed by atoms with Crippen LogP contribution in [0.15, 0.2) is 24.5 Å². The number of hydrogen-bond donors (Lipinski definition) is 1. The number of hydrogen-bond acceptors (Lipinski definition) is 9. The first kappa shape index (κ1) is 22.7. The molecule has 9 heteroatoms. The zero-order valence-electron chi connectivity index (χ0n) is 19.7. The minimum absolute atomic E-state index is 0.0621. The Balaban J connectivity index is 1.46. The molecular formula is C23H36N8O. The summed E-state index contributed by atoms with van der Waals surface area (Å²) in [6.45, 7) is 14.8. The van der Waals surface area contributed by atoms with E-state index in [1.807, 2.05) is 18.3 Å². The average molecular weight is 441 g/mol. The molecular weight excluding hydrogens is 404 g/mol. The summed E-state index contributed by atoms with van der Waals surface area (Å²) < 4.78 is 0. The third kappa shape index (κ3) is 4.94. The Labute approximate surface area is 191 Å². The number of piperazine rings is 2. The molecule has 2 aromatic rings. The molecule has 0 radical (unpaired) electrons. The van der Waals surface area contributed by atoms with Gasteiger partial charge in [0.05, 0.1) is 6.61 Å². The van der Waals surface area contributed by atoms with Crippen molar-refractivity contribution in [3.05, 3.63) is 30.4 Å². The molecule has 1 N–H and O–H groups in total. The summed E-state index contributed by atoms with van der Waals surface area (Å²) in [5, 5.41) is 9.20. The van der Waals surface area contributed by atoms with Crippen LogP contribution in [0.3, 0.4) is 0 Å². The van der Waals surface area contributed by atoms with Crippen LogP contribution in [-0.2, 0) is 6.42 Å². The normalized spacial score (nSPS) is 22.6. The molecule has 2 aliphatic heterocycles. The van der Waals surface area contributed by atoms with Crippen LogP contribution in [0.4, 0.5) is 17.6 Å². The van der Waals surface area contributed by atoms with Crippen LogP contribution in [0.5, 0.6) is 0 Å². The van der Waals surface area contributed by atoms with Gasteiger partial charge in [0, 0.05) is 76.2 Å². The van der Waals surface area contributed by atoms with E-state index in [4.69, 9.17) is 4.98 Å². The predicted octanol–water partition coefficient (Wildman–Crippen LogP) is 1.44. The Morgan fingerprint density at radius 1 is 0.906 bits per heavy atom. The molecule has 2 atom stereocenters. The van der Waals surface area contributed by atoms with Crippen molar-refractivity contribution in [3.63, 3.8) is 0 Å². The second-order valence-electron chi connectivity index (χ2n) is 9.15. The Morgan fingerprint density at radius 2 is 1.56 bits per heavy atom. The highest BCUT2D eigenvalue weighted by Crippen LogP contribution is 2.27. The zero-order chi connectivity index (χ0) is 22.7. The van der Waals surface area contributed by atoms with E-state index in [0.29, 0.717) is 18.3 Å². The number of anilines is 3. The standard InChI is InChI=1S/C23H36N8O/c1-17(2)28-10-12-29(13-11-28)23-25-9-6-22(27-23)31-18(3)15-30(16-19(31)4)21-5-8-24-20(26-21)7-14-32/h5-6,8-9,17-19,32H,7,10-16H2,1-4H3/t18-,19+. The van der Waals surface area contributed by atoms with Crippen molar-refractivity contribution < 1.29 is 5.11 Å². The summed E-state index contributed by atoms with van der Waals surface area (Å²) in [6.07, 6.45) is 4.16. The molecule has 0 bridgehead atoms. The van der Waals surface area contributed by atoms with Gasteiger partial charge in [-0.2, -0.15) is 4.98 Å². The first-order chi connectivity index (χ1) is 15.5. The van der Waals surface area contributed by atoms with Crippen molar-refractivity contribution in [2.45, 2.75) is 52.2 Å². The molecule has 4 heterocycles. The van der Waals surface area contributed by atoms with Gasteiger partial charge in [-0.15, -0.1) is 0 Å². The van der Waals surface area contributed by atoms with Gasteiger partial charge in [-0.25, -0.2) is 15.0 Å². The minimum Gasteiger partial charge on any atom is -0.396 e. The molecule has 4 rings (SSSR count). The molecule has 174 valence electrons. The highest BCUT2D eigenvalue weighted by atomic mass is 16.3. The summed E-state index contributed by atoms with van der Waals surface area (Å²) in [5.74, 6) is 3.43. The van der Waals surface area contributed by atoms with Crippen molar-refractivity contribution >= 4 is 17.6 Å². The van der Waals surface area contributed by atoms with Crippen molar-refractivity contribution in [3.8, 4) is 0 Å². The lowest BCUT2D eigenvalue weighted by Crippen LogP contribution is -2.57. The Bertz CT molecular complexity index is 874. The number of nitrogens with zero attached hydrogens (tertiary/aromatic N) is 8. The second kappa shape index (κ2) is 9.95. The van der Waals surface area contributed by atoms with Crippen LogP contribution < -0.4 is 14.7 Å². The Morgan fingerprint density at radius 3 is 2.22 bits per heavy atom. The van der Waals surface area contributed by atoms with Gasteiger partial charge in [0.1, 0.15) is 17.5 Å². The van der Waals surface area contributed by atoms with Crippen LogP contribution in [0.25, 0.3) is 0 Å². The fourth-order valence-electron chi connectivity index (χ4n) is 4.82. The smallest absolute Gasteiger partial charge is 0.227 e. The number of rotatable bonds is 6. The van der Waals surface area contributed by atoms with Crippen LogP contribution >= 0.6 is 0 Å². The van der Waals surface area contributed by atoms with Gasteiger partial charge in [0.15, 0.2) is 0 Å². The van der Waals surface area contributed by atoms with Crippen LogP contribution in [0, 0.1) is 0 Å². The fourth-order valence-corrected chi connectivity index (χ4v) is 4.82. The molecule has 0 aromatic carbocycles. The number of aliphatic hydroxyl groups is 1. The summed E-state index contributed by atoms with van der Waals surface area (Å²) in [6, 6.07) is 5.11. The van der Waals surface area contributed by atoms with E-state index in [2.05, 4.69) is 62.2 Å².